The van der Waals surface area contributed by atoms with Crippen LogP contribution in [-0.2, 0) is 0 Å². The fraction of sp³-hybridized carbons (Fsp3) is 0.286. The van der Waals surface area contributed by atoms with Crippen LogP contribution >= 0.6 is 27.3 Å². The molecule has 0 aliphatic rings. The molecule has 2 rings (SSSR count). The molecule has 2 heterocycles. The van der Waals surface area contributed by atoms with Crippen LogP contribution in [0, 0.1) is 0 Å². The van der Waals surface area contributed by atoms with Crippen molar-refractivity contribution in [1.82, 2.24) is 15.0 Å². The minimum atomic E-state index is 0.257. The topological polar surface area (TPSA) is 57.1 Å². The van der Waals surface area contributed by atoms with Gasteiger partial charge in [-0.3, -0.25) is 0 Å². The van der Waals surface area contributed by atoms with E-state index in [4.69, 9.17) is 9.47 Å². The van der Waals surface area contributed by atoms with Crippen LogP contribution in [0.3, 0.4) is 0 Å². The zero-order valence-corrected chi connectivity index (χ0v) is 9.85. The Labute approximate surface area is 92.2 Å². The Morgan fingerprint density at radius 2 is 1.93 bits per heavy atom. The van der Waals surface area contributed by atoms with E-state index < -0.39 is 0 Å². The lowest BCUT2D eigenvalue weighted by Crippen LogP contribution is -1.95. The van der Waals surface area contributed by atoms with E-state index in [0.717, 1.165) is 8.62 Å². The third-order valence-corrected chi connectivity index (χ3v) is 3.04. The molecule has 0 radical (unpaired) electrons. The minimum Gasteiger partial charge on any atom is -0.480 e. The van der Waals surface area contributed by atoms with Gasteiger partial charge >= 0.3 is 6.01 Å². The number of methoxy groups -OCH3 is 2. The van der Waals surface area contributed by atoms with Gasteiger partial charge in [0.05, 0.1) is 14.2 Å². The highest BCUT2D eigenvalue weighted by Crippen LogP contribution is 2.32. The molecule has 0 aliphatic heterocycles. The van der Waals surface area contributed by atoms with Gasteiger partial charge in [-0.15, -0.1) is 0 Å². The van der Waals surface area contributed by atoms with Crippen molar-refractivity contribution < 1.29 is 9.47 Å². The lowest BCUT2D eigenvalue weighted by Gasteiger charge is -2.01. The van der Waals surface area contributed by atoms with Gasteiger partial charge in [-0.1, -0.05) is 11.3 Å². The first kappa shape index (κ1) is 9.60. The first-order valence-corrected chi connectivity index (χ1v) is 5.27. The lowest BCUT2D eigenvalue weighted by atomic mass is 10.6. The number of halogens is 1. The van der Waals surface area contributed by atoms with Gasteiger partial charge in [0.1, 0.15) is 4.70 Å². The number of aromatic nitrogens is 3. The summed E-state index contributed by atoms with van der Waals surface area (Å²) in [5.41, 5.74) is 0.575. The SMILES string of the molecule is COc1nc(OC)c2sc(Br)nc2n1. The smallest absolute Gasteiger partial charge is 0.321 e. The van der Waals surface area contributed by atoms with E-state index in [2.05, 4.69) is 30.9 Å². The molecule has 2 aromatic heterocycles. The van der Waals surface area contributed by atoms with Crippen molar-refractivity contribution in [2.75, 3.05) is 14.2 Å². The number of ether oxygens (including phenoxy) is 2. The summed E-state index contributed by atoms with van der Waals surface area (Å²) < 4.78 is 11.6. The number of thiazole rings is 1. The largest absolute Gasteiger partial charge is 0.480 e. The molecule has 0 unspecified atom stereocenters. The van der Waals surface area contributed by atoms with Crippen molar-refractivity contribution in [3.8, 4) is 11.9 Å². The van der Waals surface area contributed by atoms with E-state index in [1.807, 2.05) is 0 Å². The Kier molecular flexibility index (Phi) is 2.51. The first-order chi connectivity index (χ1) is 6.74. The lowest BCUT2D eigenvalue weighted by molar-refractivity contribution is 0.357. The van der Waals surface area contributed by atoms with Crippen molar-refractivity contribution in [1.29, 1.82) is 0 Å². The van der Waals surface area contributed by atoms with Gasteiger partial charge < -0.3 is 9.47 Å². The van der Waals surface area contributed by atoms with Crippen LogP contribution in [0.4, 0.5) is 0 Å². The van der Waals surface area contributed by atoms with Crippen LogP contribution in [0.5, 0.6) is 11.9 Å². The molecule has 0 fully saturated rings. The maximum absolute atomic E-state index is 5.10. The summed E-state index contributed by atoms with van der Waals surface area (Å²) >= 11 is 4.70. The maximum atomic E-state index is 5.10. The molecule has 2 aromatic rings. The monoisotopic (exact) mass is 275 g/mol. The molecule has 0 aliphatic carbocycles. The van der Waals surface area contributed by atoms with Crippen LogP contribution in [0.1, 0.15) is 0 Å². The first-order valence-electron chi connectivity index (χ1n) is 3.66. The van der Waals surface area contributed by atoms with Crippen molar-refractivity contribution >= 4 is 37.6 Å². The molecule has 0 atom stereocenters. The van der Waals surface area contributed by atoms with E-state index >= 15 is 0 Å². The summed E-state index contributed by atoms with van der Waals surface area (Å²) in [4.78, 5) is 12.3. The van der Waals surface area contributed by atoms with E-state index in [1.165, 1.54) is 18.4 Å². The van der Waals surface area contributed by atoms with Crippen LogP contribution in [0.2, 0.25) is 0 Å². The number of rotatable bonds is 2. The van der Waals surface area contributed by atoms with Crippen LogP contribution in [-0.4, -0.2) is 29.2 Å². The zero-order chi connectivity index (χ0) is 10.1. The minimum absolute atomic E-state index is 0.257. The quantitative estimate of drug-likeness (QED) is 0.838. The van der Waals surface area contributed by atoms with Gasteiger partial charge in [0, 0.05) is 0 Å². The van der Waals surface area contributed by atoms with Gasteiger partial charge in [-0.25, -0.2) is 4.98 Å². The van der Waals surface area contributed by atoms with E-state index in [-0.39, 0.29) is 6.01 Å². The average molecular weight is 276 g/mol. The van der Waals surface area contributed by atoms with E-state index in [9.17, 15) is 0 Å². The summed E-state index contributed by atoms with van der Waals surface area (Å²) in [6.07, 6.45) is 0. The second-order valence-corrected chi connectivity index (χ2v) is 4.61. The third kappa shape index (κ3) is 1.53. The molecule has 0 saturated carbocycles. The zero-order valence-electron chi connectivity index (χ0n) is 7.44. The molecule has 5 nitrogen and oxygen atoms in total. The van der Waals surface area contributed by atoms with Crippen LogP contribution in [0.15, 0.2) is 3.92 Å². The van der Waals surface area contributed by atoms with Gasteiger partial charge in [0.25, 0.3) is 0 Å². The third-order valence-electron chi connectivity index (χ3n) is 1.55. The van der Waals surface area contributed by atoms with Crippen LogP contribution < -0.4 is 9.47 Å². The van der Waals surface area contributed by atoms with Crippen molar-refractivity contribution in [2.24, 2.45) is 0 Å². The normalized spacial score (nSPS) is 10.5. The molecule has 0 bridgehead atoms. The number of hydrogen-bond acceptors (Lipinski definition) is 6. The van der Waals surface area contributed by atoms with Gasteiger partial charge in [-0.05, 0) is 15.9 Å². The molecule has 74 valence electrons. The Morgan fingerprint density at radius 1 is 1.14 bits per heavy atom. The van der Waals surface area contributed by atoms with E-state index in [0.29, 0.717) is 11.5 Å². The summed E-state index contributed by atoms with van der Waals surface area (Å²) in [6.45, 7) is 0. The average Bonchev–Trinajstić information content (AvgIpc) is 2.56. The number of nitrogens with zero attached hydrogens (tertiary/aromatic N) is 3. The fourth-order valence-electron chi connectivity index (χ4n) is 0.985. The number of fused-ring (bicyclic) bond motifs is 1. The molecular weight excluding hydrogens is 270 g/mol. The second-order valence-electron chi connectivity index (χ2n) is 2.34. The molecular formula is C7H6BrN3O2S. The molecule has 0 N–H and O–H groups in total. The molecule has 7 heteroatoms. The molecule has 0 aromatic carbocycles. The van der Waals surface area contributed by atoms with Gasteiger partial charge in [0.2, 0.25) is 5.88 Å². The van der Waals surface area contributed by atoms with E-state index in [1.54, 1.807) is 7.11 Å². The predicted molar refractivity (Wildman–Crippen MR) is 56.0 cm³/mol. The summed E-state index contributed by atoms with van der Waals surface area (Å²) in [6, 6.07) is 0.257. The number of hydrogen-bond donors (Lipinski definition) is 0. The summed E-state index contributed by atoms with van der Waals surface area (Å²) in [5.74, 6) is 0.482. The Hall–Kier alpha value is -0.950. The standard InChI is InChI=1S/C7H6BrN3O2S/c1-12-5-3-4(9-6(8)14-3)10-7(11-5)13-2/h1-2H3. The van der Waals surface area contributed by atoms with Gasteiger partial charge in [-0.2, -0.15) is 9.97 Å². The Bertz CT molecular complexity index is 473. The van der Waals surface area contributed by atoms with Crippen molar-refractivity contribution in [3.05, 3.63) is 3.92 Å². The molecule has 14 heavy (non-hydrogen) atoms. The van der Waals surface area contributed by atoms with Crippen LogP contribution in [0.25, 0.3) is 10.3 Å². The fourth-order valence-corrected chi connectivity index (χ4v) is 2.34. The van der Waals surface area contributed by atoms with Gasteiger partial charge in [0.15, 0.2) is 9.56 Å². The van der Waals surface area contributed by atoms with Crippen molar-refractivity contribution in [3.63, 3.8) is 0 Å². The summed E-state index contributed by atoms with van der Waals surface area (Å²) in [7, 11) is 3.05. The molecule has 0 saturated heterocycles. The maximum Gasteiger partial charge on any atom is 0.321 e. The molecule has 0 amide bonds. The predicted octanol–water partition coefficient (Wildman–Crippen LogP) is 1.87. The Morgan fingerprint density at radius 3 is 2.57 bits per heavy atom. The highest BCUT2D eigenvalue weighted by molar-refractivity contribution is 9.11. The van der Waals surface area contributed by atoms with Crippen molar-refractivity contribution in [2.45, 2.75) is 0 Å². The summed E-state index contributed by atoms with van der Waals surface area (Å²) in [5, 5.41) is 0. The Balaban J connectivity index is 2.72. The second kappa shape index (κ2) is 3.66. The highest BCUT2D eigenvalue weighted by Gasteiger charge is 2.12. The highest BCUT2D eigenvalue weighted by atomic mass is 79.9. The molecule has 0 spiro atoms.